The van der Waals surface area contributed by atoms with E-state index in [1.54, 1.807) is 30.6 Å². The Bertz CT molecular complexity index is 756. The van der Waals surface area contributed by atoms with Gasteiger partial charge in [0, 0.05) is 19.3 Å². The molecule has 5 nitrogen and oxygen atoms in total. The number of carbonyl (C=O) groups excluding carboxylic acids is 1. The number of hydrogen-bond acceptors (Lipinski definition) is 4. The van der Waals surface area contributed by atoms with Crippen molar-refractivity contribution in [2.75, 3.05) is 25.0 Å². The van der Waals surface area contributed by atoms with Gasteiger partial charge in [-0.05, 0) is 23.6 Å². The number of rotatable bonds is 7. The van der Waals surface area contributed by atoms with Crippen LogP contribution in [0.25, 0.3) is 0 Å². The van der Waals surface area contributed by atoms with Crippen molar-refractivity contribution >= 4 is 33.0 Å². The van der Waals surface area contributed by atoms with Crippen LogP contribution in [0.1, 0.15) is 0 Å². The van der Waals surface area contributed by atoms with Crippen LogP contribution in [-0.2, 0) is 14.8 Å². The Morgan fingerprint density at radius 3 is 2.48 bits per heavy atom. The molecule has 0 aliphatic heterocycles. The molecule has 0 bridgehead atoms. The fraction of sp³-hybridized carbons (Fsp3) is 0.188. The molecule has 1 heterocycles. The van der Waals surface area contributed by atoms with E-state index in [4.69, 9.17) is 0 Å². The number of carbonyl (C=O) groups is 1. The number of para-hydroxylation sites is 1. The Balaban J connectivity index is 2.20. The minimum atomic E-state index is -3.70. The zero-order valence-corrected chi connectivity index (χ0v) is 14.4. The topological polar surface area (TPSA) is 57.7 Å². The Hall–Kier alpha value is -1.96. The molecule has 2 aromatic rings. The predicted octanol–water partition coefficient (Wildman–Crippen LogP) is 2.59. The molecule has 122 valence electrons. The standard InChI is InChI=1S/C16H18N2O3S2/c1-3-11-18(23(20,21)16-10-7-12-22-16)13-15(19)17(2)14-8-5-4-6-9-14/h3-10,12H,1,11,13H2,2H3. The number of thiophene rings is 1. The molecule has 23 heavy (non-hydrogen) atoms. The second kappa shape index (κ2) is 7.54. The molecule has 0 fully saturated rings. The quantitative estimate of drug-likeness (QED) is 0.721. The molecule has 0 aliphatic rings. The van der Waals surface area contributed by atoms with Gasteiger partial charge in [0.25, 0.3) is 10.0 Å². The Morgan fingerprint density at radius 1 is 1.22 bits per heavy atom. The van der Waals surface area contributed by atoms with Gasteiger partial charge in [0.05, 0.1) is 6.54 Å². The number of hydrogen-bond donors (Lipinski definition) is 0. The largest absolute Gasteiger partial charge is 0.314 e. The average molecular weight is 350 g/mol. The number of anilines is 1. The molecule has 7 heteroatoms. The van der Waals surface area contributed by atoms with Gasteiger partial charge in [-0.25, -0.2) is 8.42 Å². The summed E-state index contributed by atoms with van der Waals surface area (Å²) in [6.07, 6.45) is 1.47. The lowest BCUT2D eigenvalue weighted by Gasteiger charge is -2.23. The van der Waals surface area contributed by atoms with Gasteiger partial charge in [-0.3, -0.25) is 4.79 Å². The molecule has 0 saturated carbocycles. The van der Waals surface area contributed by atoms with Crippen molar-refractivity contribution < 1.29 is 13.2 Å². The van der Waals surface area contributed by atoms with Crippen LogP contribution in [0.3, 0.4) is 0 Å². The fourth-order valence-corrected chi connectivity index (χ4v) is 4.49. The van der Waals surface area contributed by atoms with Crippen molar-refractivity contribution in [1.82, 2.24) is 4.31 Å². The summed E-state index contributed by atoms with van der Waals surface area (Å²) in [6.45, 7) is 3.42. The van der Waals surface area contributed by atoms with Crippen LogP contribution in [-0.4, -0.2) is 38.8 Å². The molecule has 0 N–H and O–H groups in total. The highest BCUT2D eigenvalue weighted by Gasteiger charge is 2.27. The third kappa shape index (κ3) is 4.07. The molecule has 0 saturated heterocycles. The molecule has 1 aromatic heterocycles. The van der Waals surface area contributed by atoms with Crippen molar-refractivity contribution in [3.8, 4) is 0 Å². The lowest BCUT2D eigenvalue weighted by molar-refractivity contribution is -0.118. The average Bonchev–Trinajstić information content (AvgIpc) is 3.09. The number of likely N-dealkylation sites (N-methyl/N-ethyl adjacent to an activating group) is 1. The number of amides is 1. The monoisotopic (exact) mass is 350 g/mol. The maximum atomic E-state index is 12.6. The van der Waals surface area contributed by atoms with E-state index in [9.17, 15) is 13.2 Å². The summed E-state index contributed by atoms with van der Waals surface area (Å²) in [5.41, 5.74) is 0.713. The normalized spacial score (nSPS) is 11.4. The van der Waals surface area contributed by atoms with Gasteiger partial charge in [0.2, 0.25) is 5.91 Å². The van der Waals surface area contributed by atoms with Crippen LogP contribution >= 0.6 is 11.3 Å². The molecule has 0 unspecified atom stereocenters. The Labute approximate surface area is 140 Å². The van der Waals surface area contributed by atoms with Gasteiger partial charge in [0.15, 0.2) is 0 Å². The van der Waals surface area contributed by atoms with Crippen molar-refractivity contribution in [3.63, 3.8) is 0 Å². The second-order valence-electron chi connectivity index (χ2n) is 4.81. The van der Waals surface area contributed by atoms with Crippen LogP contribution in [0, 0.1) is 0 Å². The Morgan fingerprint density at radius 2 is 1.91 bits per heavy atom. The van der Waals surface area contributed by atoms with E-state index in [0.29, 0.717) is 5.69 Å². The first-order chi connectivity index (χ1) is 11.0. The van der Waals surface area contributed by atoms with Crippen molar-refractivity contribution in [3.05, 3.63) is 60.5 Å². The minimum absolute atomic E-state index is 0.0780. The lowest BCUT2D eigenvalue weighted by atomic mass is 10.3. The number of sulfonamides is 1. The molecule has 0 spiro atoms. The molecule has 0 atom stereocenters. The van der Waals surface area contributed by atoms with E-state index < -0.39 is 10.0 Å². The van der Waals surface area contributed by atoms with E-state index in [2.05, 4.69) is 6.58 Å². The van der Waals surface area contributed by atoms with Gasteiger partial charge < -0.3 is 4.90 Å². The summed E-state index contributed by atoms with van der Waals surface area (Å²) in [4.78, 5) is 13.9. The summed E-state index contributed by atoms with van der Waals surface area (Å²) in [6, 6.07) is 12.3. The van der Waals surface area contributed by atoms with Gasteiger partial charge in [-0.2, -0.15) is 4.31 Å². The van der Waals surface area contributed by atoms with E-state index in [1.165, 1.54) is 17.0 Å². The second-order valence-corrected chi connectivity index (χ2v) is 7.92. The van der Waals surface area contributed by atoms with Crippen LogP contribution in [0.4, 0.5) is 5.69 Å². The number of benzene rings is 1. The smallest absolute Gasteiger partial charge is 0.253 e. The van der Waals surface area contributed by atoms with Crippen molar-refractivity contribution in [2.24, 2.45) is 0 Å². The van der Waals surface area contributed by atoms with E-state index in [0.717, 1.165) is 15.6 Å². The lowest BCUT2D eigenvalue weighted by Crippen LogP contribution is -2.41. The van der Waals surface area contributed by atoms with E-state index >= 15 is 0 Å². The zero-order valence-electron chi connectivity index (χ0n) is 12.8. The third-order valence-corrected chi connectivity index (χ3v) is 6.44. The van der Waals surface area contributed by atoms with Crippen LogP contribution in [0.2, 0.25) is 0 Å². The highest BCUT2D eigenvalue weighted by Crippen LogP contribution is 2.21. The minimum Gasteiger partial charge on any atom is -0.314 e. The molecule has 1 amide bonds. The first-order valence-electron chi connectivity index (χ1n) is 6.93. The molecular formula is C16H18N2O3S2. The summed E-state index contributed by atoms with van der Waals surface area (Å²) in [5, 5.41) is 1.69. The van der Waals surface area contributed by atoms with Crippen molar-refractivity contribution in [1.29, 1.82) is 0 Å². The summed E-state index contributed by atoms with van der Waals surface area (Å²) < 4.78 is 26.5. The highest BCUT2D eigenvalue weighted by atomic mass is 32.2. The molecule has 0 aliphatic carbocycles. The van der Waals surface area contributed by atoms with Gasteiger partial charge in [0.1, 0.15) is 4.21 Å². The maximum absolute atomic E-state index is 12.6. The number of nitrogens with zero attached hydrogens (tertiary/aromatic N) is 2. The summed E-state index contributed by atoms with van der Waals surface area (Å²) in [7, 11) is -2.07. The maximum Gasteiger partial charge on any atom is 0.253 e. The molecule has 1 aromatic carbocycles. The Kier molecular flexibility index (Phi) is 5.70. The van der Waals surface area contributed by atoms with E-state index in [1.807, 2.05) is 18.2 Å². The third-order valence-electron chi connectivity index (χ3n) is 3.25. The first-order valence-corrected chi connectivity index (χ1v) is 9.25. The molecule has 2 rings (SSSR count). The zero-order chi connectivity index (χ0) is 16.9. The summed E-state index contributed by atoms with van der Waals surface area (Å²) in [5.74, 6) is -0.307. The summed E-state index contributed by atoms with van der Waals surface area (Å²) >= 11 is 1.13. The van der Waals surface area contributed by atoms with Crippen LogP contribution in [0.5, 0.6) is 0 Å². The SMILES string of the molecule is C=CCN(CC(=O)N(C)c1ccccc1)S(=O)(=O)c1cccs1. The van der Waals surface area contributed by atoms with E-state index in [-0.39, 0.29) is 23.2 Å². The first kappa shape index (κ1) is 17.4. The molecular weight excluding hydrogens is 332 g/mol. The van der Waals surface area contributed by atoms with Crippen LogP contribution in [0.15, 0.2) is 64.7 Å². The van der Waals surface area contributed by atoms with Gasteiger partial charge in [-0.1, -0.05) is 30.3 Å². The van der Waals surface area contributed by atoms with Crippen LogP contribution < -0.4 is 4.90 Å². The van der Waals surface area contributed by atoms with Gasteiger partial charge in [-0.15, -0.1) is 17.9 Å². The van der Waals surface area contributed by atoms with Crippen molar-refractivity contribution in [2.45, 2.75) is 4.21 Å². The molecule has 0 radical (unpaired) electrons. The van der Waals surface area contributed by atoms with Gasteiger partial charge >= 0.3 is 0 Å². The fourth-order valence-electron chi connectivity index (χ4n) is 1.98. The predicted molar refractivity (Wildman–Crippen MR) is 93.1 cm³/mol. The highest BCUT2D eigenvalue weighted by molar-refractivity contribution is 7.91.